The number of nitrogens with one attached hydrogen (secondary N) is 2. The quantitative estimate of drug-likeness (QED) is 0.491. The first-order valence-electron chi connectivity index (χ1n) is 8.81. The van der Waals surface area contributed by atoms with Crippen LogP contribution in [0.1, 0.15) is 30.9 Å². The molecule has 1 aromatic heterocycles. The van der Waals surface area contributed by atoms with Crippen molar-refractivity contribution in [2.75, 3.05) is 0 Å². The predicted molar refractivity (Wildman–Crippen MR) is 101 cm³/mol. The molecule has 0 fully saturated rings. The maximum Gasteiger partial charge on any atom is 0.308 e. The van der Waals surface area contributed by atoms with Crippen LogP contribution in [0, 0.1) is 5.82 Å². The highest BCUT2D eigenvalue weighted by Gasteiger charge is 2.09. The molecule has 3 rings (SSSR count). The maximum atomic E-state index is 13.8. The van der Waals surface area contributed by atoms with Gasteiger partial charge in [-0.3, -0.25) is 9.59 Å². The van der Waals surface area contributed by atoms with Gasteiger partial charge in [-0.25, -0.2) is 4.39 Å². The van der Waals surface area contributed by atoms with Crippen LogP contribution in [-0.2, 0) is 22.6 Å². The van der Waals surface area contributed by atoms with Crippen LogP contribution in [0.2, 0.25) is 0 Å². The summed E-state index contributed by atoms with van der Waals surface area (Å²) in [6.07, 6.45) is 3.92. The highest BCUT2D eigenvalue weighted by molar-refractivity contribution is 5.83. The second-order valence-electron chi connectivity index (χ2n) is 6.35. The topological polar surface area (TPSA) is 71.2 Å². The van der Waals surface area contributed by atoms with Gasteiger partial charge in [0.25, 0.3) is 0 Å². The lowest BCUT2D eigenvalue weighted by Gasteiger charge is -2.08. The standard InChI is InChI=1S/C21H21FN2O3/c1-14(25)27-20-10-9-15(11-18(20)22)12-24-21(26)8-4-5-16-13-23-19-7-3-2-6-17(16)19/h2-3,6-7,9-11,13,23H,4-5,8,12H2,1H3,(H,24,26). The average Bonchev–Trinajstić information content (AvgIpc) is 3.05. The van der Waals surface area contributed by atoms with E-state index in [2.05, 4.69) is 16.4 Å². The number of halogens is 1. The number of carbonyl (C=O) groups is 2. The molecule has 2 aromatic carbocycles. The summed E-state index contributed by atoms with van der Waals surface area (Å²) in [7, 11) is 0. The Morgan fingerprint density at radius 3 is 2.78 bits per heavy atom. The van der Waals surface area contributed by atoms with Gasteiger partial charge in [-0.15, -0.1) is 0 Å². The Morgan fingerprint density at radius 1 is 1.19 bits per heavy atom. The minimum Gasteiger partial charge on any atom is -0.424 e. The zero-order valence-electron chi connectivity index (χ0n) is 15.0. The minimum atomic E-state index is -0.628. The molecule has 1 heterocycles. The number of amides is 1. The van der Waals surface area contributed by atoms with Gasteiger partial charge in [0.05, 0.1) is 0 Å². The fourth-order valence-corrected chi connectivity index (χ4v) is 2.96. The molecule has 3 aromatic rings. The third kappa shape index (κ3) is 4.94. The normalized spacial score (nSPS) is 10.7. The van der Waals surface area contributed by atoms with Crippen molar-refractivity contribution in [1.82, 2.24) is 10.3 Å². The Labute approximate surface area is 156 Å². The summed E-state index contributed by atoms with van der Waals surface area (Å²) < 4.78 is 18.6. The summed E-state index contributed by atoms with van der Waals surface area (Å²) in [5, 5.41) is 3.96. The molecule has 0 atom stereocenters. The molecule has 0 radical (unpaired) electrons. The Morgan fingerprint density at radius 2 is 2.00 bits per heavy atom. The number of hydrogen-bond donors (Lipinski definition) is 2. The third-order valence-corrected chi connectivity index (χ3v) is 4.26. The van der Waals surface area contributed by atoms with E-state index in [9.17, 15) is 14.0 Å². The SMILES string of the molecule is CC(=O)Oc1ccc(CNC(=O)CCCc2c[nH]c3ccccc23)cc1F. The zero-order valence-corrected chi connectivity index (χ0v) is 15.0. The molecule has 0 spiro atoms. The third-order valence-electron chi connectivity index (χ3n) is 4.26. The Kier molecular flexibility index (Phi) is 5.86. The second kappa shape index (κ2) is 8.49. The van der Waals surface area contributed by atoms with Crippen molar-refractivity contribution >= 4 is 22.8 Å². The Hall–Kier alpha value is -3.15. The van der Waals surface area contributed by atoms with Gasteiger partial charge >= 0.3 is 5.97 Å². The van der Waals surface area contributed by atoms with Crippen LogP contribution in [-0.4, -0.2) is 16.9 Å². The lowest BCUT2D eigenvalue weighted by Crippen LogP contribution is -2.22. The molecular weight excluding hydrogens is 347 g/mol. The van der Waals surface area contributed by atoms with E-state index < -0.39 is 11.8 Å². The fourth-order valence-electron chi connectivity index (χ4n) is 2.96. The number of rotatable bonds is 7. The molecule has 140 valence electrons. The number of benzene rings is 2. The summed E-state index contributed by atoms with van der Waals surface area (Å²) in [5.41, 5.74) is 2.89. The van der Waals surface area contributed by atoms with Gasteiger partial charge in [0.1, 0.15) is 0 Å². The molecule has 0 aliphatic rings. The van der Waals surface area contributed by atoms with Crippen molar-refractivity contribution in [3.63, 3.8) is 0 Å². The highest BCUT2D eigenvalue weighted by Crippen LogP contribution is 2.20. The summed E-state index contributed by atoms with van der Waals surface area (Å²) in [5.74, 6) is -1.41. The van der Waals surface area contributed by atoms with E-state index in [0.717, 1.165) is 18.4 Å². The van der Waals surface area contributed by atoms with Crippen molar-refractivity contribution in [3.05, 3.63) is 65.6 Å². The van der Waals surface area contributed by atoms with Crippen molar-refractivity contribution in [1.29, 1.82) is 0 Å². The van der Waals surface area contributed by atoms with E-state index in [1.165, 1.54) is 30.0 Å². The first-order valence-corrected chi connectivity index (χ1v) is 8.81. The van der Waals surface area contributed by atoms with Crippen LogP contribution in [0.15, 0.2) is 48.7 Å². The van der Waals surface area contributed by atoms with E-state index in [1.54, 1.807) is 6.07 Å². The molecule has 0 aliphatic carbocycles. The van der Waals surface area contributed by atoms with Crippen LogP contribution in [0.25, 0.3) is 10.9 Å². The molecule has 0 aliphatic heterocycles. The predicted octanol–water partition coefficient (Wildman–Crippen LogP) is 3.87. The Balaban J connectivity index is 1.46. The largest absolute Gasteiger partial charge is 0.424 e. The van der Waals surface area contributed by atoms with Crippen LogP contribution in [0.5, 0.6) is 5.75 Å². The number of esters is 1. The number of aromatic nitrogens is 1. The van der Waals surface area contributed by atoms with Gasteiger partial charge in [0.2, 0.25) is 5.91 Å². The monoisotopic (exact) mass is 368 g/mol. The number of aromatic amines is 1. The Bertz CT molecular complexity index is 965. The lowest BCUT2D eigenvalue weighted by molar-refractivity contribution is -0.132. The lowest BCUT2D eigenvalue weighted by atomic mass is 10.1. The van der Waals surface area contributed by atoms with Crippen molar-refractivity contribution < 1.29 is 18.7 Å². The molecule has 0 bridgehead atoms. The molecule has 1 amide bonds. The van der Waals surface area contributed by atoms with Crippen LogP contribution >= 0.6 is 0 Å². The molecule has 0 saturated heterocycles. The number of ether oxygens (including phenoxy) is 1. The number of H-pyrrole nitrogens is 1. The van der Waals surface area contributed by atoms with Crippen LogP contribution in [0.3, 0.4) is 0 Å². The number of hydrogen-bond acceptors (Lipinski definition) is 3. The van der Waals surface area contributed by atoms with E-state index in [4.69, 9.17) is 4.74 Å². The number of fused-ring (bicyclic) bond motifs is 1. The fraction of sp³-hybridized carbons (Fsp3) is 0.238. The smallest absolute Gasteiger partial charge is 0.308 e. The van der Waals surface area contributed by atoms with Gasteiger partial charge in [0, 0.05) is 37.0 Å². The summed E-state index contributed by atoms with van der Waals surface area (Å²) in [6.45, 7) is 1.44. The summed E-state index contributed by atoms with van der Waals surface area (Å²) >= 11 is 0. The molecular formula is C21H21FN2O3. The minimum absolute atomic E-state index is 0.0840. The second-order valence-corrected chi connectivity index (χ2v) is 6.35. The van der Waals surface area contributed by atoms with Crippen molar-refractivity contribution in [2.45, 2.75) is 32.7 Å². The van der Waals surface area contributed by atoms with Gasteiger partial charge in [0.15, 0.2) is 11.6 Å². The summed E-state index contributed by atoms with van der Waals surface area (Å²) in [4.78, 5) is 26.1. The van der Waals surface area contributed by atoms with Crippen LogP contribution in [0.4, 0.5) is 4.39 Å². The number of para-hydroxylation sites is 1. The van der Waals surface area contributed by atoms with Crippen molar-refractivity contribution in [3.8, 4) is 5.75 Å². The molecule has 2 N–H and O–H groups in total. The summed E-state index contributed by atoms with van der Waals surface area (Å²) in [6, 6.07) is 12.3. The molecule has 6 heteroatoms. The first kappa shape index (κ1) is 18.6. The van der Waals surface area contributed by atoms with Gasteiger partial charge in [-0.2, -0.15) is 0 Å². The zero-order chi connectivity index (χ0) is 19.2. The van der Waals surface area contributed by atoms with E-state index in [-0.39, 0.29) is 18.2 Å². The molecule has 0 unspecified atom stereocenters. The number of aryl methyl sites for hydroxylation is 1. The van der Waals surface area contributed by atoms with Gasteiger partial charge < -0.3 is 15.0 Å². The average molecular weight is 368 g/mol. The van der Waals surface area contributed by atoms with Crippen LogP contribution < -0.4 is 10.1 Å². The molecule has 0 saturated carbocycles. The first-order chi connectivity index (χ1) is 13.0. The molecule has 5 nitrogen and oxygen atoms in total. The number of carbonyl (C=O) groups excluding carboxylic acids is 2. The van der Waals surface area contributed by atoms with E-state index in [0.29, 0.717) is 12.0 Å². The van der Waals surface area contributed by atoms with Gasteiger partial charge in [-0.05, 0) is 42.2 Å². The van der Waals surface area contributed by atoms with E-state index >= 15 is 0 Å². The molecule has 27 heavy (non-hydrogen) atoms. The van der Waals surface area contributed by atoms with Gasteiger partial charge in [-0.1, -0.05) is 24.3 Å². The maximum absolute atomic E-state index is 13.8. The van der Waals surface area contributed by atoms with E-state index in [1.807, 2.05) is 24.4 Å². The highest BCUT2D eigenvalue weighted by atomic mass is 19.1. The van der Waals surface area contributed by atoms with Crippen molar-refractivity contribution in [2.24, 2.45) is 0 Å².